The predicted octanol–water partition coefficient (Wildman–Crippen LogP) is 0.902. The molecule has 2 saturated carbocycles. The maximum Gasteiger partial charge on any atom is 0.258 e. The highest BCUT2D eigenvalue weighted by molar-refractivity contribution is 7.11. The number of nitrogens with one attached hydrogen (secondary N) is 1. The molecular formula is C14H21N5OS. The van der Waals surface area contributed by atoms with Crippen molar-refractivity contribution in [3.05, 3.63) is 5.56 Å². The molecule has 2 heterocycles. The van der Waals surface area contributed by atoms with E-state index in [1.54, 1.807) is 0 Å². The van der Waals surface area contributed by atoms with Crippen LogP contribution in [-0.4, -0.2) is 53.4 Å². The molecule has 6 nitrogen and oxygen atoms in total. The number of carbonyl (C=O) groups is 1. The number of nitrogens with two attached hydrogens (primary N) is 1. The van der Waals surface area contributed by atoms with Crippen LogP contribution in [0.5, 0.6) is 0 Å². The first-order valence-electron chi connectivity index (χ1n) is 7.77. The second-order valence-electron chi connectivity index (χ2n) is 6.25. The third kappa shape index (κ3) is 2.72. The lowest BCUT2D eigenvalue weighted by Gasteiger charge is -2.35. The van der Waals surface area contributed by atoms with Gasteiger partial charge in [0.1, 0.15) is 10.6 Å². The lowest BCUT2D eigenvalue weighted by molar-refractivity contribution is 0.0952. The van der Waals surface area contributed by atoms with Crippen molar-refractivity contribution in [2.45, 2.75) is 37.8 Å². The first-order valence-corrected chi connectivity index (χ1v) is 8.54. The van der Waals surface area contributed by atoms with Crippen molar-refractivity contribution in [1.29, 1.82) is 0 Å². The minimum atomic E-state index is -0.0524. The quantitative estimate of drug-likeness (QED) is 0.864. The van der Waals surface area contributed by atoms with Gasteiger partial charge in [-0.1, -0.05) is 0 Å². The molecule has 1 aliphatic heterocycles. The molecule has 0 unspecified atom stereocenters. The second kappa shape index (κ2) is 5.14. The molecule has 3 aliphatic rings. The number of nitrogen functional groups attached to an aromatic ring is 1. The molecule has 7 heteroatoms. The molecule has 0 bridgehead atoms. The number of rotatable bonds is 4. The average Bonchev–Trinajstić information content (AvgIpc) is 3.39. The summed E-state index contributed by atoms with van der Waals surface area (Å²) in [6, 6.07) is 1.16. The molecule has 3 N–H and O–H groups in total. The summed E-state index contributed by atoms with van der Waals surface area (Å²) in [5, 5.41) is 3.97. The lowest BCUT2D eigenvalue weighted by atomic mass is 10.2. The molecule has 1 saturated heterocycles. The van der Waals surface area contributed by atoms with Crippen molar-refractivity contribution < 1.29 is 4.79 Å². The van der Waals surface area contributed by atoms with Crippen LogP contribution in [0.25, 0.3) is 0 Å². The van der Waals surface area contributed by atoms with Crippen LogP contribution in [0.3, 0.4) is 0 Å². The summed E-state index contributed by atoms with van der Waals surface area (Å²) in [6.45, 7) is 4.07. The van der Waals surface area contributed by atoms with Gasteiger partial charge < -0.3 is 16.0 Å². The third-order valence-electron chi connectivity index (χ3n) is 4.50. The summed E-state index contributed by atoms with van der Waals surface area (Å²) in [5.41, 5.74) is 6.52. The summed E-state index contributed by atoms with van der Waals surface area (Å²) >= 11 is 1.36. The van der Waals surface area contributed by atoms with Crippen LogP contribution in [0.1, 0.15) is 36.0 Å². The Labute approximate surface area is 128 Å². The number of anilines is 2. The SMILES string of the molecule is Nc1nsc(N2CCN(C3CC3)CC2)c1C(=O)NC1CC1. The van der Waals surface area contributed by atoms with E-state index in [-0.39, 0.29) is 5.91 Å². The minimum absolute atomic E-state index is 0.0524. The van der Waals surface area contributed by atoms with Gasteiger partial charge in [0.2, 0.25) is 0 Å². The fourth-order valence-electron chi connectivity index (χ4n) is 2.94. The molecule has 1 aromatic rings. The van der Waals surface area contributed by atoms with Gasteiger partial charge >= 0.3 is 0 Å². The summed E-state index contributed by atoms with van der Waals surface area (Å²) in [6.07, 6.45) is 4.86. The molecular weight excluding hydrogens is 286 g/mol. The van der Waals surface area contributed by atoms with Crippen LogP contribution in [0.2, 0.25) is 0 Å². The minimum Gasteiger partial charge on any atom is -0.382 e. The molecule has 4 rings (SSSR count). The number of aromatic nitrogens is 1. The van der Waals surface area contributed by atoms with E-state index in [4.69, 9.17) is 5.73 Å². The average molecular weight is 307 g/mol. The highest BCUT2D eigenvalue weighted by Crippen LogP contribution is 2.34. The standard InChI is InChI=1S/C14H21N5OS/c15-12-11(13(20)16-9-1-2-9)14(21-17-12)19-7-5-18(6-8-19)10-3-4-10/h9-10H,1-8H2,(H2,15,17)(H,16,20). The van der Waals surface area contributed by atoms with E-state index in [2.05, 4.69) is 19.5 Å². The molecule has 0 aromatic carbocycles. The van der Waals surface area contributed by atoms with Crippen LogP contribution < -0.4 is 16.0 Å². The fraction of sp³-hybridized carbons (Fsp3) is 0.714. The maximum absolute atomic E-state index is 12.4. The van der Waals surface area contributed by atoms with E-state index in [9.17, 15) is 4.79 Å². The van der Waals surface area contributed by atoms with Crippen molar-refractivity contribution in [2.75, 3.05) is 36.8 Å². The van der Waals surface area contributed by atoms with Crippen molar-refractivity contribution >= 4 is 28.3 Å². The summed E-state index contributed by atoms with van der Waals surface area (Å²) in [4.78, 5) is 17.2. The van der Waals surface area contributed by atoms with Gasteiger partial charge in [0.15, 0.2) is 5.82 Å². The van der Waals surface area contributed by atoms with Gasteiger partial charge in [-0.2, -0.15) is 4.37 Å². The highest BCUT2D eigenvalue weighted by Gasteiger charge is 2.34. The van der Waals surface area contributed by atoms with Crippen LogP contribution in [-0.2, 0) is 0 Å². The Morgan fingerprint density at radius 3 is 2.52 bits per heavy atom. The summed E-state index contributed by atoms with van der Waals surface area (Å²) in [7, 11) is 0. The largest absolute Gasteiger partial charge is 0.382 e. The van der Waals surface area contributed by atoms with Crippen LogP contribution >= 0.6 is 11.5 Å². The van der Waals surface area contributed by atoms with Gasteiger partial charge in [-0.25, -0.2) is 0 Å². The third-order valence-corrected chi connectivity index (χ3v) is 5.43. The Bertz CT molecular complexity index is 544. The maximum atomic E-state index is 12.4. The molecule has 0 spiro atoms. The van der Waals surface area contributed by atoms with Crippen LogP contribution in [0.4, 0.5) is 10.8 Å². The van der Waals surface area contributed by atoms with Crippen LogP contribution in [0, 0.1) is 0 Å². The van der Waals surface area contributed by atoms with E-state index < -0.39 is 0 Å². The van der Waals surface area contributed by atoms with E-state index in [1.807, 2.05) is 0 Å². The van der Waals surface area contributed by atoms with Crippen molar-refractivity contribution in [2.24, 2.45) is 0 Å². The number of nitrogens with zero attached hydrogens (tertiary/aromatic N) is 3. The first-order chi connectivity index (χ1) is 10.2. The number of amides is 1. The van der Waals surface area contributed by atoms with Gasteiger partial charge in [0, 0.05) is 38.3 Å². The smallest absolute Gasteiger partial charge is 0.258 e. The predicted molar refractivity (Wildman–Crippen MR) is 83.8 cm³/mol. The van der Waals surface area contributed by atoms with Gasteiger partial charge in [-0.3, -0.25) is 9.69 Å². The van der Waals surface area contributed by atoms with Gasteiger partial charge in [-0.15, -0.1) is 0 Å². The fourth-order valence-corrected chi connectivity index (χ4v) is 3.80. The van der Waals surface area contributed by atoms with Crippen LogP contribution in [0.15, 0.2) is 0 Å². The molecule has 1 aromatic heterocycles. The van der Waals surface area contributed by atoms with Crippen molar-refractivity contribution in [3.8, 4) is 0 Å². The zero-order valence-electron chi connectivity index (χ0n) is 12.0. The van der Waals surface area contributed by atoms with Crippen molar-refractivity contribution in [1.82, 2.24) is 14.6 Å². The molecule has 0 radical (unpaired) electrons. The van der Waals surface area contributed by atoms with Gasteiger partial charge in [0.25, 0.3) is 5.91 Å². The summed E-state index contributed by atoms with van der Waals surface area (Å²) in [5.74, 6) is 0.321. The first kappa shape index (κ1) is 13.3. The summed E-state index contributed by atoms with van der Waals surface area (Å²) < 4.78 is 4.21. The Hall–Kier alpha value is -1.34. The zero-order valence-corrected chi connectivity index (χ0v) is 12.9. The molecule has 3 fully saturated rings. The van der Waals surface area contributed by atoms with E-state index in [0.717, 1.165) is 50.1 Å². The zero-order chi connectivity index (χ0) is 14.4. The van der Waals surface area contributed by atoms with E-state index >= 15 is 0 Å². The Morgan fingerprint density at radius 1 is 1.19 bits per heavy atom. The van der Waals surface area contributed by atoms with E-state index in [1.165, 1.54) is 24.4 Å². The number of carbonyl (C=O) groups excluding carboxylic acids is 1. The molecule has 21 heavy (non-hydrogen) atoms. The molecule has 114 valence electrons. The van der Waals surface area contributed by atoms with Gasteiger partial charge in [-0.05, 0) is 37.2 Å². The molecule has 2 aliphatic carbocycles. The number of piperazine rings is 1. The Balaban J connectivity index is 1.48. The number of hydrogen-bond acceptors (Lipinski definition) is 6. The van der Waals surface area contributed by atoms with Gasteiger partial charge in [0.05, 0.1) is 0 Å². The lowest BCUT2D eigenvalue weighted by Crippen LogP contribution is -2.47. The topological polar surface area (TPSA) is 74.5 Å². The van der Waals surface area contributed by atoms with Crippen molar-refractivity contribution in [3.63, 3.8) is 0 Å². The molecule has 0 atom stereocenters. The normalized spacial score (nSPS) is 23.3. The second-order valence-corrected chi connectivity index (χ2v) is 7.00. The Kier molecular flexibility index (Phi) is 3.26. The Morgan fingerprint density at radius 2 is 1.90 bits per heavy atom. The van der Waals surface area contributed by atoms with E-state index in [0.29, 0.717) is 17.4 Å². The number of hydrogen-bond donors (Lipinski definition) is 2. The highest BCUT2D eigenvalue weighted by atomic mass is 32.1. The molecule has 1 amide bonds. The monoisotopic (exact) mass is 307 g/mol.